The number of halogens is 1. The van der Waals surface area contributed by atoms with Gasteiger partial charge < -0.3 is 5.73 Å². The Hall–Kier alpha value is -1.76. The molecule has 0 amide bonds. The summed E-state index contributed by atoms with van der Waals surface area (Å²) in [6.45, 7) is 0. The normalized spacial score (nSPS) is 14.8. The van der Waals surface area contributed by atoms with Crippen molar-refractivity contribution >= 4 is 17.4 Å². The number of hydrogen-bond acceptors (Lipinski definition) is 4. The number of thioether (sulfide) groups is 1. The number of aromatic nitrogens is 3. The first kappa shape index (κ1) is 12.3. The maximum Gasteiger partial charge on any atom is 0.344 e. The van der Waals surface area contributed by atoms with Crippen molar-refractivity contribution in [2.75, 3.05) is 5.73 Å². The van der Waals surface area contributed by atoms with E-state index in [1.54, 1.807) is 10.6 Å². The van der Waals surface area contributed by atoms with E-state index in [4.69, 9.17) is 5.73 Å². The lowest BCUT2D eigenvalue weighted by Crippen LogP contribution is -2.16. The van der Waals surface area contributed by atoms with Gasteiger partial charge in [-0.15, -0.1) is 5.10 Å². The second kappa shape index (κ2) is 4.73. The first-order valence-electron chi connectivity index (χ1n) is 5.98. The van der Waals surface area contributed by atoms with Crippen LogP contribution < -0.4 is 11.4 Å². The zero-order valence-corrected chi connectivity index (χ0v) is 10.9. The van der Waals surface area contributed by atoms with Gasteiger partial charge in [0.05, 0.1) is 0 Å². The number of benzene rings is 1. The maximum atomic E-state index is 13.2. The number of aromatic amines is 1. The van der Waals surface area contributed by atoms with Crippen molar-refractivity contribution in [2.45, 2.75) is 29.8 Å². The Bertz CT molecular complexity index is 642. The van der Waals surface area contributed by atoms with Crippen molar-refractivity contribution in [3.8, 4) is 0 Å². The third kappa shape index (κ3) is 2.65. The van der Waals surface area contributed by atoms with Gasteiger partial charge in [0, 0.05) is 17.5 Å². The van der Waals surface area contributed by atoms with E-state index in [9.17, 15) is 9.18 Å². The molecule has 0 aliphatic heterocycles. The largest absolute Gasteiger partial charge is 0.399 e. The van der Waals surface area contributed by atoms with E-state index in [1.807, 2.05) is 0 Å². The number of nitrogens with two attached hydrogens (primary N) is 1. The molecule has 1 aliphatic rings. The molecule has 1 fully saturated rings. The van der Waals surface area contributed by atoms with Crippen LogP contribution in [0.1, 0.15) is 24.4 Å². The summed E-state index contributed by atoms with van der Waals surface area (Å²) < 4.78 is 14.9. The second-order valence-corrected chi connectivity index (χ2v) is 5.54. The highest BCUT2D eigenvalue weighted by Crippen LogP contribution is 2.36. The average Bonchev–Trinajstić information content (AvgIpc) is 3.10. The van der Waals surface area contributed by atoms with Gasteiger partial charge in [-0.25, -0.2) is 14.3 Å². The molecule has 0 atom stereocenters. The molecule has 1 aromatic carbocycles. The molecule has 1 aliphatic carbocycles. The smallest absolute Gasteiger partial charge is 0.344 e. The van der Waals surface area contributed by atoms with Crippen LogP contribution in [-0.4, -0.2) is 14.8 Å². The maximum absolute atomic E-state index is 13.2. The van der Waals surface area contributed by atoms with E-state index in [0.29, 0.717) is 16.6 Å². The van der Waals surface area contributed by atoms with Gasteiger partial charge in [0.2, 0.25) is 0 Å². The first-order chi connectivity index (χ1) is 9.13. The Labute approximate surface area is 113 Å². The quantitative estimate of drug-likeness (QED) is 0.662. The Morgan fingerprint density at radius 2 is 2.26 bits per heavy atom. The Kier molecular flexibility index (Phi) is 3.06. The van der Waals surface area contributed by atoms with Crippen molar-refractivity contribution in [1.82, 2.24) is 14.8 Å². The van der Waals surface area contributed by atoms with Crippen molar-refractivity contribution in [2.24, 2.45) is 0 Å². The van der Waals surface area contributed by atoms with E-state index in [1.165, 1.54) is 23.9 Å². The molecular formula is C12H13FN4OS. The molecule has 1 saturated carbocycles. The Morgan fingerprint density at radius 1 is 1.47 bits per heavy atom. The van der Waals surface area contributed by atoms with E-state index < -0.39 is 0 Å². The lowest BCUT2D eigenvalue weighted by atomic mass is 10.2. The zero-order valence-electron chi connectivity index (χ0n) is 10.1. The zero-order chi connectivity index (χ0) is 13.4. The number of nitrogens with zero attached hydrogens (tertiary/aromatic N) is 2. The summed E-state index contributed by atoms with van der Waals surface area (Å²) in [7, 11) is 0. The Balaban J connectivity index is 1.77. The van der Waals surface area contributed by atoms with Crippen LogP contribution in [0, 0.1) is 5.82 Å². The van der Waals surface area contributed by atoms with Gasteiger partial charge in [-0.2, -0.15) is 0 Å². The topological polar surface area (TPSA) is 76.7 Å². The number of nitrogen functional groups attached to an aromatic ring is 1. The predicted octanol–water partition coefficient (Wildman–Crippen LogP) is 1.92. The summed E-state index contributed by atoms with van der Waals surface area (Å²) in [6.07, 6.45) is 2.03. The van der Waals surface area contributed by atoms with E-state index in [2.05, 4.69) is 10.2 Å². The minimum atomic E-state index is -0.350. The molecule has 3 rings (SSSR count). The van der Waals surface area contributed by atoms with Crippen molar-refractivity contribution in [1.29, 1.82) is 0 Å². The van der Waals surface area contributed by atoms with Gasteiger partial charge in [0.15, 0.2) is 5.16 Å². The van der Waals surface area contributed by atoms with Gasteiger partial charge >= 0.3 is 5.69 Å². The molecular weight excluding hydrogens is 267 g/mol. The summed E-state index contributed by atoms with van der Waals surface area (Å²) >= 11 is 1.41. The highest BCUT2D eigenvalue weighted by atomic mass is 32.2. The van der Waals surface area contributed by atoms with E-state index in [0.717, 1.165) is 18.4 Å². The average molecular weight is 280 g/mol. The lowest BCUT2D eigenvalue weighted by molar-refractivity contribution is 0.627. The number of H-pyrrole nitrogens is 1. The van der Waals surface area contributed by atoms with Crippen LogP contribution in [0.3, 0.4) is 0 Å². The van der Waals surface area contributed by atoms with Crippen LogP contribution in [0.4, 0.5) is 10.1 Å². The molecule has 1 aromatic heterocycles. The Morgan fingerprint density at radius 3 is 2.95 bits per heavy atom. The summed E-state index contributed by atoms with van der Waals surface area (Å²) in [6, 6.07) is 4.71. The van der Waals surface area contributed by atoms with Gasteiger partial charge in [-0.1, -0.05) is 11.8 Å². The van der Waals surface area contributed by atoms with Crippen LogP contribution in [0.25, 0.3) is 0 Å². The molecule has 0 bridgehead atoms. The lowest BCUT2D eigenvalue weighted by Gasteiger charge is -2.04. The summed E-state index contributed by atoms with van der Waals surface area (Å²) in [5.74, 6) is 0.177. The van der Waals surface area contributed by atoms with E-state index >= 15 is 0 Å². The highest BCUT2D eigenvalue weighted by Gasteiger charge is 2.28. The van der Waals surface area contributed by atoms with Crippen LogP contribution in [-0.2, 0) is 5.75 Å². The number of anilines is 1. The van der Waals surface area contributed by atoms with Crippen molar-refractivity contribution in [3.05, 3.63) is 40.1 Å². The standard InChI is InChI=1S/C12H13FN4OS/c13-8-3-7(4-9(14)5-8)6-19-12-16-15-11(18)17(12)10-1-2-10/h3-5,10H,1-2,6,14H2,(H,15,18). The van der Waals surface area contributed by atoms with Crippen LogP contribution in [0.5, 0.6) is 0 Å². The molecule has 2 aromatic rings. The minimum absolute atomic E-state index is 0.177. The van der Waals surface area contributed by atoms with Gasteiger partial charge in [-0.3, -0.25) is 4.57 Å². The minimum Gasteiger partial charge on any atom is -0.399 e. The third-order valence-corrected chi connectivity index (χ3v) is 3.96. The second-order valence-electron chi connectivity index (χ2n) is 4.59. The molecule has 0 radical (unpaired) electrons. The van der Waals surface area contributed by atoms with Gasteiger partial charge in [0.1, 0.15) is 5.82 Å². The number of rotatable bonds is 4. The third-order valence-electron chi connectivity index (χ3n) is 2.93. The molecule has 0 unspecified atom stereocenters. The fraction of sp³-hybridized carbons (Fsp3) is 0.333. The molecule has 3 N–H and O–H groups in total. The fourth-order valence-corrected chi connectivity index (χ4v) is 2.90. The molecule has 1 heterocycles. The molecule has 19 heavy (non-hydrogen) atoms. The van der Waals surface area contributed by atoms with Crippen molar-refractivity contribution < 1.29 is 4.39 Å². The van der Waals surface area contributed by atoms with Crippen molar-refractivity contribution in [3.63, 3.8) is 0 Å². The molecule has 0 spiro atoms. The van der Waals surface area contributed by atoms with Crippen LogP contribution in [0.2, 0.25) is 0 Å². The fourth-order valence-electron chi connectivity index (χ4n) is 1.95. The summed E-state index contributed by atoms with van der Waals surface area (Å²) in [4.78, 5) is 11.6. The van der Waals surface area contributed by atoms with E-state index in [-0.39, 0.29) is 17.5 Å². The monoisotopic (exact) mass is 280 g/mol. The summed E-state index contributed by atoms with van der Waals surface area (Å²) in [5.41, 5.74) is 6.60. The first-order valence-corrected chi connectivity index (χ1v) is 6.96. The van der Waals surface area contributed by atoms with Gasteiger partial charge in [-0.05, 0) is 36.6 Å². The van der Waals surface area contributed by atoms with Gasteiger partial charge in [0.25, 0.3) is 0 Å². The van der Waals surface area contributed by atoms with Crippen LogP contribution in [0.15, 0.2) is 28.2 Å². The molecule has 7 heteroatoms. The molecule has 100 valence electrons. The predicted molar refractivity (Wildman–Crippen MR) is 71.5 cm³/mol. The highest BCUT2D eigenvalue weighted by molar-refractivity contribution is 7.98. The number of nitrogens with one attached hydrogen (secondary N) is 1. The SMILES string of the molecule is Nc1cc(F)cc(CSc2n[nH]c(=O)n2C2CC2)c1. The summed E-state index contributed by atoms with van der Waals surface area (Å²) in [5, 5.41) is 7.10. The number of hydrogen-bond donors (Lipinski definition) is 2. The van der Waals surface area contributed by atoms with Crippen LogP contribution >= 0.6 is 11.8 Å². The molecule has 5 nitrogen and oxygen atoms in total. The molecule has 0 saturated heterocycles.